The van der Waals surface area contributed by atoms with Gasteiger partial charge in [0.15, 0.2) is 0 Å². The van der Waals surface area contributed by atoms with Gasteiger partial charge in [0.2, 0.25) is 0 Å². The first kappa shape index (κ1) is 13.5. The van der Waals surface area contributed by atoms with Crippen molar-refractivity contribution in [3.63, 3.8) is 0 Å². The lowest BCUT2D eigenvalue weighted by Gasteiger charge is -2.13. The number of halogens is 3. The van der Waals surface area contributed by atoms with Crippen LogP contribution in [0.25, 0.3) is 0 Å². The molecule has 0 heterocycles. The third-order valence-electron chi connectivity index (χ3n) is 2.39. The van der Waals surface area contributed by atoms with Crippen molar-refractivity contribution >= 4 is 5.97 Å². The van der Waals surface area contributed by atoms with E-state index in [1.54, 1.807) is 6.92 Å². The molecular weight excluding hydrogens is 233 g/mol. The molecule has 0 N–H and O–H groups in total. The number of carbonyl (C=O) groups excluding carboxylic acids is 1. The van der Waals surface area contributed by atoms with Gasteiger partial charge in [-0.1, -0.05) is 17.7 Å². The number of hydrogen-bond acceptors (Lipinski definition) is 2. The minimum absolute atomic E-state index is 0.0309. The molecule has 0 aromatic heterocycles. The van der Waals surface area contributed by atoms with E-state index in [4.69, 9.17) is 0 Å². The van der Waals surface area contributed by atoms with Crippen LogP contribution >= 0.6 is 0 Å². The summed E-state index contributed by atoms with van der Waals surface area (Å²) in [5.41, 5.74) is 0.174. The van der Waals surface area contributed by atoms with Crippen LogP contribution in [0, 0.1) is 6.92 Å². The largest absolute Gasteiger partial charge is 0.469 e. The SMILES string of the molecule is COC(=O)CCc1cc(C)ccc1C(F)(F)F. The van der Waals surface area contributed by atoms with Crippen LogP contribution < -0.4 is 0 Å². The Morgan fingerprint density at radius 3 is 2.53 bits per heavy atom. The van der Waals surface area contributed by atoms with Crippen LogP contribution in [-0.4, -0.2) is 13.1 Å². The monoisotopic (exact) mass is 246 g/mol. The zero-order valence-corrected chi connectivity index (χ0v) is 9.60. The van der Waals surface area contributed by atoms with Gasteiger partial charge in [0, 0.05) is 6.42 Å². The first-order valence-corrected chi connectivity index (χ1v) is 5.08. The minimum Gasteiger partial charge on any atom is -0.469 e. The fraction of sp³-hybridized carbons (Fsp3) is 0.417. The van der Waals surface area contributed by atoms with Crippen molar-refractivity contribution in [1.82, 2.24) is 0 Å². The van der Waals surface area contributed by atoms with E-state index in [1.165, 1.54) is 19.2 Å². The van der Waals surface area contributed by atoms with Crippen LogP contribution in [0.5, 0.6) is 0 Å². The molecule has 0 aliphatic carbocycles. The molecule has 0 unspecified atom stereocenters. The first-order chi connectivity index (χ1) is 7.84. The van der Waals surface area contributed by atoms with E-state index >= 15 is 0 Å². The average molecular weight is 246 g/mol. The summed E-state index contributed by atoms with van der Waals surface area (Å²) < 4.78 is 42.4. The Bertz CT molecular complexity index is 411. The molecule has 0 atom stereocenters. The van der Waals surface area contributed by atoms with Crippen molar-refractivity contribution in [3.8, 4) is 0 Å². The topological polar surface area (TPSA) is 26.3 Å². The molecule has 94 valence electrons. The van der Waals surface area contributed by atoms with Crippen LogP contribution in [0.1, 0.15) is 23.1 Å². The fourth-order valence-corrected chi connectivity index (χ4v) is 1.54. The molecule has 0 fully saturated rings. The molecule has 1 rings (SSSR count). The number of esters is 1. The number of carbonyl (C=O) groups is 1. The molecule has 0 saturated carbocycles. The number of hydrogen-bond donors (Lipinski definition) is 0. The highest BCUT2D eigenvalue weighted by molar-refractivity contribution is 5.69. The third-order valence-corrected chi connectivity index (χ3v) is 2.39. The van der Waals surface area contributed by atoms with Crippen LogP contribution in [0.3, 0.4) is 0 Å². The minimum atomic E-state index is -4.39. The van der Waals surface area contributed by atoms with E-state index in [0.717, 1.165) is 11.6 Å². The molecule has 0 amide bonds. The van der Waals surface area contributed by atoms with Gasteiger partial charge < -0.3 is 4.74 Å². The number of methoxy groups -OCH3 is 1. The van der Waals surface area contributed by atoms with Crippen molar-refractivity contribution in [2.45, 2.75) is 25.9 Å². The quantitative estimate of drug-likeness (QED) is 0.766. The van der Waals surface area contributed by atoms with Crippen LogP contribution in [0.2, 0.25) is 0 Å². The van der Waals surface area contributed by atoms with Crippen molar-refractivity contribution in [2.75, 3.05) is 7.11 Å². The second-order valence-electron chi connectivity index (χ2n) is 3.73. The molecule has 2 nitrogen and oxygen atoms in total. The summed E-state index contributed by atoms with van der Waals surface area (Å²) in [7, 11) is 1.21. The molecule has 0 aliphatic rings. The Labute approximate surface area is 97.4 Å². The number of aryl methyl sites for hydroxylation is 2. The van der Waals surface area contributed by atoms with E-state index in [0.29, 0.717) is 0 Å². The van der Waals surface area contributed by atoms with Crippen LogP contribution in [0.15, 0.2) is 18.2 Å². The first-order valence-electron chi connectivity index (χ1n) is 5.08. The number of rotatable bonds is 3. The molecule has 17 heavy (non-hydrogen) atoms. The summed E-state index contributed by atoms with van der Waals surface area (Å²) in [5.74, 6) is -0.514. The summed E-state index contributed by atoms with van der Waals surface area (Å²) in [6.07, 6.45) is -4.41. The van der Waals surface area contributed by atoms with Gasteiger partial charge in [0.05, 0.1) is 12.7 Å². The summed E-state index contributed by atoms with van der Waals surface area (Å²) in [4.78, 5) is 10.9. The highest BCUT2D eigenvalue weighted by Gasteiger charge is 2.33. The predicted molar refractivity (Wildman–Crippen MR) is 56.5 cm³/mol. The summed E-state index contributed by atoms with van der Waals surface area (Å²) in [6.45, 7) is 1.71. The summed E-state index contributed by atoms with van der Waals surface area (Å²) in [5, 5.41) is 0. The maximum atomic E-state index is 12.7. The molecule has 1 aromatic rings. The van der Waals surface area contributed by atoms with Crippen molar-refractivity contribution in [2.24, 2.45) is 0 Å². The summed E-state index contributed by atoms with van der Waals surface area (Å²) >= 11 is 0. The van der Waals surface area contributed by atoms with Gasteiger partial charge in [-0.15, -0.1) is 0 Å². The maximum absolute atomic E-state index is 12.7. The molecule has 0 aliphatic heterocycles. The predicted octanol–water partition coefficient (Wildman–Crippen LogP) is 3.12. The highest BCUT2D eigenvalue weighted by Crippen LogP contribution is 2.33. The molecule has 0 saturated heterocycles. The molecule has 1 aromatic carbocycles. The molecular formula is C12H13F3O2. The van der Waals surface area contributed by atoms with Crippen molar-refractivity contribution < 1.29 is 22.7 Å². The number of benzene rings is 1. The lowest BCUT2D eigenvalue weighted by Crippen LogP contribution is -2.11. The molecule has 0 spiro atoms. The summed E-state index contributed by atoms with van der Waals surface area (Å²) in [6, 6.07) is 3.90. The standard InChI is InChI=1S/C12H13F3O2/c1-8-3-5-10(12(13,14)15)9(7-8)4-6-11(16)17-2/h3,5,7H,4,6H2,1-2H3. The van der Waals surface area contributed by atoms with Crippen LogP contribution in [-0.2, 0) is 22.1 Å². The zero-order chi connectivity index (χ0) is 13.1. The highest BCUT2D eigenvalue weighted by atomic mass is 19.4. The Morgan fingerprint density at radius 2 is 2.00 bits per heavy atom. The van der Waals surface area contributed by atoms with Gasteiger partial charge in [0.25, 0.3) is 0 Å². The Morgan fingerprint density at radius 1 is 1.35 bits per heavy atom. The zero-order valence-electron chi connectivity index (χ0n) is 9.60. The normalized spacial score (nSPS) is 11.4. The Hall–Kier alpha value is -1.52. The van der Waals surface area contributed by atoms with Crippen molar-refractivity contribution in [3.05, 3.63) is 34.9 Å². The van der Waals surface area contributed by atoms with Crippen LogP contribution in [0.4, 0.5) is 13.2 Å². The Balaban J connectivity index is 2.96. The smallest absolute Gasteiger partial charge is 0.416 e. The van der Waals surface area contributed by atoms with E-state index in [2.05, 4.69) is 4.74 Å². The van der Waals surface area contributed by atoms with Gasteiger partial charge in [0.1, 0.15) is 0 Å². The van der Waals surface area contributed by atoms with Gasteiger partial charge in [-0.3, -0.25) is 4.79 Å². The Kier molecular flexibility index (Phi) is 4.15. The molecule has 0 bridgehead atoms. The second kappa shape index (κ2) is 5.21. The average Bonchev–Trinajstić information content (AvgIpc) is 2.24. The van der Waals surface area contributed by atoms with Gasteiger partial charge >= 0.3 is 12.1 Å². The van der Waals surface area contributed by atoms with Gasteiger partial charge in [-0.2, -0.15) is 13.2 Å². The van der Waals surface area contributed by atoms with Gasteiger partial charge in [-0.05, 0) is 25.0 Å². The lowest BCUT2D eigenvalue weighted by molar-refractivity contribution is -0.142. The van der Waals surface area contributed by atoms with E-state index < -0.39 is 17.7 Å². The van der Waals surface area contributed by atoms with Gasteiger partial charge in [-0.25, -0.2) is 0 Å². The fourth-order valence-electron chi connectivity index (χ4n) is 1.54. The number of ether oxygens (including phenoxy) is 1. The van der Waals surface area contributed by atoms with E-state index in [1.807, 2.05) is 0 Å². The lowest BCUT2D eigenvalue weighted by atomic mass is 10.00. The van der Waals surface area contributed by atoms with E-state index in [9.17, 15) is 18.0 Å². The van der Waals surface area contributed by atoms with E-state index in [-0.39, 0.29) is 18.4 Å². The van der Waals surface area contributed by atoms with Crippen molar-refractivity contribution in [1.29, 1.82) is 0 Å². The number of alkyl halides is 3. The molecule has 0 radical (unpaired) electrons. The molecule has 5 heteroatoms. The maximum Gasteiger partial charge on any atom is 0.416 e. The third kappa shape index (κ3) is 3.76. The second-order valence-corrected chi connectivity index (χ2v) is 3.73.